The summed E-state index contributed by atoms with van der Waals surface area (Å²) in [6, 6.07) is 7.91. The zero-order chi connectivity index (χ0) is 23.2. The lowest BCUT2D eigenvalue weighted by Gasteiger charge is -2.18. The van der Waals surface area contributed by atoms with E-state index in [1.54, 1.807) is 12.4 Å². The highest BCUT2D eigenvalue weighted by Crippen LogP contribution is 2.23. The van der Waals surface area contributed by atoms with Crippen LogP contribution in [-0.4, -0.2) is 63.8 Å². The van der Waals surface area contributed by atoms with Crippen LogP contribution in [-0.2, 0) is 6.42 Å². The summed E-state index contributed by atoms with van der Waals surface area (Å²) in [5.74, 6) is 1.25. The zero-order valence-corrected chi connectivity index (χ0v) is 19.4. The molecule has 0 radical (unpaired) electrons. The average Bonchev–Trinajstić information content (AvgIpc) is 3.50. The summed E-state index contributed by atoms with van der Waals surface area (Å²) < 4.78 is 5.81. The van der Waals surface area contributed by atoms with Gasteiger partial charge in [-0.3, -0.25) is 4.79 Å². The van der Waals surface area contributed by atoms with Gasteiger partial charge in [-0.25, -0.2) is 4.98 Å². The van der Waals surface area contributed by atoms with E-state index in [1.807, 2.05) is 32.0 Å². The highest BCUT2D eigenvalue weighted by atomic mass is 16.5. The normalized spacial score (nSPS) is 15.0. The summed E-state index contributed by atoms with van der Waals surface area (Å²) >= 11 is 0. The van der Waals surface area contributed by atoms with Gasteiger partial charge < -0.3 is 30.0 Å². The van der Waals surface area contributed by atoms with Crippen molar-refractivity contribution in [1.82, 2.24) is 19.9 Å². The Kier molecular flexibility index (Phi) is 7.47. The minimum absolute atomic E-state index is 0.151. The van der Waals surface area contributed by atoms with E-state index >= 15 is 0 Å². The lowest BCUT2D eigenvalue weighted by atomic mass is 10.1. The molecule has 0 saturated carbocycles. The van der Waals surface area contributed by atoms with Crippen molar-refractivity contribution in [1.29, 1.82) is 0 Å². The molecule has 1 aliphatic heterocycles. The summed E-state index contributed by atoms with van der Waals surface area (Å²) in [6.45, 7) is 7.57. The highest BCUT2D eigenvalue weighted by Gasteiger charge is 2.17. The molecule has 3 heterocycles. The number of ether oxygens (including phenoxy) is 1. The van der Waals surface area contributed by atoms with Crippen LogP contribution in [0.25, 0.3) is 11.4 Å². The third-order valence-corrected chi connectivity index (χ3v) is 6.01. The molecule has 4 N–H and O–H groups in total. The Hall–Kier alpha value is -3.10. The molecule has 0 spiro atoms. The lowest BCUT2D eigenvalue weighted by Crippen LogP contribution is -2.28. The van der Waals surface area contributed by atoms with E-state index in [4.69, 9.17) is 4.74 Å². The van der Waals surface area contributed by atoms with Gasteiger partial charge in [-0.1, -0.05) is 17.7 Å². The van der Waals surface area contributed by atoms with Gasteiger partial charge in [-0.15, -0.1) is 0 Å². The second-order valence-corrected chi connectivity index (χ2v) is 8.76. The molecule has 1 fully saturated rings. The van der Waals surface area contributed by atoms with Gasteiger partial charge in [0, 0.05) is 37.6 Å². The Labute approximate surface area is 194 Å². The molecule has 1 saturated heterocycles. The third kappa shape index (κ3) is 6.03. The number of hydrogen-bond acceptors (Lipinski definition) is 6. The van der Waals surface area contributed by atoms with Crippen LogP contribution in [0.5, 0.6) is 5.75 Å². The van der Waals surface area contributed by atoms with Crippen molar-refractivity contribution in [2.24, 2.45) is 0 Å². The van der Waals surface area contributed by atoms with Crippen LogP contribution >= 0.6 is 0 Å². The number of likely N-dealkylation sites (tertiary alicyclic amines) is 1. The lowest BCUT2D eigenvalue weighted by molar-refractivity contribution is 0.117. The number of nitrogens with zero attached hydrogens (tertiary/aromatic N) is 2. The molecule has 0 unspecified atom stereocenters. The summed E-state index contributed by atoms with van der Waals surface area (Å²) in [4.78, 5) is 25.6. The summed E-state index contributed by atoms with van der Waals surface area (Å²) in [5.41, 5.74) is 3.95. The number of hydrogen-bond donors (Lipinski definition) is 4. The number of aliphatic hydroxyl groups excluding tert-OH is 1. The van der Waals surface area contributed by atoms with Gasteiger partial charge in [0.05, 0.1) is 5.69 Å². The maximum Gasteiger partial charge on any atom is 0.261 e. The summed E-state index contributed by atoms with van der Waals surface area (Å²) in [7, 11) is 0. The van der Waals surface area contributed by atoms with E-state index < -0.39 is 6.10 Å². The Morgan fingerprint density at radius 1 is 1.24 bits per heavy atom. The first-order valence-corrected chi connectivity index (χ1v) is 11.6. The Morgan fingerprint density at radius 3 is 2.79 bits per heavy atom. The van der Waals surface area contributed by atoms with Crippen molar-refractivity contribution >= 4 is 5.69 Å². The zero-order valence-electron chi connectivity index (χ0n) is 19.4. The maximum absolute atomic E-state index is 12.9. The predicted octanol–water partition coefficient (Wildman–Crippen LogP) is 2.87. The fourth-order valence-electron chi connectivity index (χ4n) is 4.24. The van der Waals surface area contributed by atoms with E-state index in [2.05, 4.69) is 31.2 Å². The standard InChI is InChI=1S/C25H33N5O3/c1-17-5-6-22(18(2)13-17)33-16-20(31)15-28-21-14-19(7-12-30-10-3-4-11-30)29-25(32)23(21)24-26-8-9-27-24/h5-6,8-9,13-14,20,31H,3-4,7,10-12,15-16H2,1-2H3,(H,26,27)(H2,28,29,32)/t20-/m1/s1. The number of H-pyrrole nitrogens is 2. The van der Waals surface area contributed by atoms with Crippen molar-refractivity contribution in [3.05, 3.63) is 63.8 Å². The van der Waals surface area contributed by atoms with Crippen LogP contribution in [0.1, 0.15) is 29.7 Å². The number of anilines is 1. The molecule has 3 aromatic rings. The number of imidazole rings is 1. The van der Waals surface area contributed by atoms with Gasteiger partial charge >= 0.3 is 0 Å². The monoisotopic (exact) mass is 451 g/mol. The van der Waals surface area contributed by atoms with Crippen molar-refractivity contribution in [2.45, 2.75) is 39.2 Å². The van der Waals surface area contributed by atoms with Crippen molar-refractivity contribution in [3.63, 3.8) is 0 Å². The second kappa shape index (κ2) is 10.7. The fourth-order valence-corrected chi connectivity index (χ4v) is 4.24. The molecule has 176 valence electrons. The number of aliphatic hydroxyl groups is 1. The molecular weight excluding hydrogens is 418 g/mol. The first kappa shape index (κ1) is 23.1. The topological polar surface area (TPSA) is 106 Å². The van der Waals surface area contributed by atoms with Crippen LogP contribution in [0.2, 0.25) is 0 Å². The largest absolute Gasteiger partial charge is 0.491 e. The van der Waals surface area contributed by atoms with E-state index in [0.29, 0.717) is 17.1 Å². The number of aromatic nitrogens is 3. The molecule has 1 aromatic carbocycles. The molecule has 1 aliphatic rings. The van der Waals surface area contributed by atoms with Crippen LogP contribution in [0.15, 0.2) is 41.5 Å². The molecule has 8 heteroatoms. The Balaban J connectivity index is 1.44. The molecule has 1 atom stereocenters. The number of benzene rings is 1. The molecule has 0 aliphatic carbocycles. The van der Waals surface area contributed by atoms with Gasteiger partial charge in [0.1, 0.15) is 29.8 Å². The molecule has 0 bridgehead atoms. The van der Waals surface area contributed by atoms with Gasteiger partial charge in [-0.2, -0.15) is 0 Å². The highest BCUT2D eigenvalue weighted by molar-refractivity contribution is 5.72. The van der Waals surface area contributed by atoms with Crippen LogP contribution < -0.4 is 15.6 Å². The van der Waals surface area contributed by atoms with Crippen molar-refractivity contribution < 1.29 is 9.84 Å². The average molecular weight is 452 g/mol. The molecule has 4 rings (SSSR count). The van der Waals surface area contributed by atoms with E-state index in [9.17, 15) is 9.90 Å². The SMILES string of the molecule is Cc1ccc(OC[C@H](O)CNc2cc(CCN3CCCC3)[nH]c(=O)c2-c2ncc[nH]2)c(C)c1. The van der Waals surface area contributed by atoms with E-state index in [-0.39, 0.29) is 18.7 Å². The molecule has 2 aromatic heterocycles. The number of pyridine rings is 1. The number of rotatable bonds is 10. The molecule has 0 amide bonds. The van der Waals surface area contributed by atoms with Crippen LogP contribution in [0.3, 0.4) is 0 Å². The third-order valence-electron chi connectivity index (χ3n) is 6.01. The quantitative estimate of drug-likeness (QED) is 0.378. The minimum atomic E-state index is -0.748. The first-order valence-electron chi connectivity index (χ1n) is 11.6. The Bertz CT molecular complexity index is 1100. The van der Waals surface area contributed by atoms with Gasteiger partial charge in [0.25, 0.3) is 5.56 Å². The second-order valence-electron chi connectivity index (χ2n) is 8.76. The number of aromatic amines is 2. The number of aryl methyl sites for hydroxylation is 2. The minimum Gasteiger partial charge on any atom is -0.491 e. The Morgan fingerprint density at radius 2 is 2.06 bits per heavy atom. The van der Waals surface area contributed by atoms with E-state index in [0.717, 1.165) is 43.1 Å². The van der Waals surface area contributed by atoms with Crippen molar-refractivity contribution in [3.8, 4) is 17.1 Å². The smallest absolute Gasteiger partial charge is 0.261 e. The van der Waals surface area contributed by atoms with Crippen LogP contribution in [0.4, 0.5) is 5.69 Å². The predicted molar refractivity (Wildman–Crippen MR) is 130 cm³/mol. The fraction of sp³-hybridized carbons (Fsp3) is 0.440. The summed E-state index contributed by atoms with van der Waals surface area (Å²) in [6.07, 6.45) is 5.80. The molecule has 8 nitrogen and oxygen atoms in total. The van der Waals surface area contributed by atoms with Crippen LogP contribution in [0, 0.1) is 13.8 Å². The van der Waals surface area contributed by atoms with Crippen molar-refractivity contribution in [2.75, 3.05) is 38.1 Å². The van der Waals surface area contributed by atoms with E-state index in [1.165, 1.54) is 18.4 Å². The maximum atomic E-state index is 12.9. The summed E-state index contributed by atoms with van der Waals surface area (Å²) in [5, 5.41) is 13.8. The number of nitrogens with one attached hydrogen (secondary N) is 3. The van der Waals surface area contributed by atoms with Gasteiger partial charge in [-0.05, 0) is 57.5 Å². The van der Waals surface area contributed by atoms with Gasteiger partial charge in [0.15, 0.2) is 0 Å². The molecule has 33 heavy (non-hydrogen) atoms. The first-order chi connectivity index (χ1) is 16.0. The van der Waals surface area contributed by atoms with Gasteiger partial charge in [0.2, 0.25) is 0 Å². The molecular formula is C25H33N5O3.